The molecule has 0 saturated carbocycles. The SMILES string of the molecule is Nc1cc(-c2cncn2-c2cccc(I)c2)ccn1. The van der Waals surface area contributed by atoms with Crippen LogP contribution in [0.4, 0.5) is 5.82 Å². The highest BCUT2D eigenvalue weighted by molar-refractivity contribution is 14.1. The Morgan fingerprint density at radius 2 is 2.05 bits per heavy atom. The summed E-state index contributed by atoms with van der Waals surface area (Å²) in [4.78, 5) is 8.25. The van der Waals surface area contributed by atoms with Gasteiger partial charge in [-0.3, -0.25) is 4.57 Å². The Labute approximate surface area is 124 Å². The number of pyridine rings is 1. The number of benzene rings is 1. The van der Waals surface area contributed by atoms with Gasteiger partial charge in [-0.15, -0.1) is 0 Å². The lowest BCUT2D eigenvalue weighted by Crippen LogP contribution is -1.96. The summed E-state index contributed by atoms with van der Waals surface area (Å²) in [5, 5.41) is 0. The van der Waals surface area contributed by atoms with Gasteiger partial charge in [0.2, 0.25) is 0 Å². The quantitative estimate of drug-likeness (QED) is 0.713. The van der Waals surface area contributed by atoms with Crippen LogP contribution in [-0.2, 0) is 0 Å². The number of halogens is 1. The summed E-state index contributed by atoms with van der Waals surface area (Å²) in [5.74, 6) is 0.507. The standard InChI is InChI=1S/C14H11IN4/c15-11-2-1-3-12(7-11)19-9-17-8-13(19)10-4-5-18-14(16)6-10/h1-9H,(H2,16,18). The van der Waals surface area contributed by atoms with E-state index < -0.39 is 0 Å². The summed E-state index contributed by atoms with van der Waals surface area (Å²) in [5.41, 5.74) is 8.81. The lowest BCUT2D eigenvalue weighted by molar-refractivity contribution is 1.06. The zero-order valence-corrected chi connectivity index (χ0v) is 12.2. The molecule has 0 aliphatic heterocycles. The summed E-state index contributed by atoms with van der Waals surface area (Å²) in [6.45, 7) is 0. The van der Waals surface area contributed by atoms with Crippen molar-refractivity contribution in [1.82, 2.24) is 14.5 Å². The normalized spacial score (nSPS) is 10.6. The third-order valence-electron chi connectivity index (χ3n) is 2.80. The van der Waals surface area contributed by atoms with Gasteiger partial charge in [-0.25, -0.2) is 9.97 Å². The molecule has 1 aromatic carbocycles. The first-order valence-electron chi connectivity index (χ1n) is 5.74. The van der Waals surface area contributed by atoms with Crippen molar-refractivity contribution in [3.8, 4) is 16.9 Å². The zero-order valence-electron chi connectivity index (χ0n) is 9.99. The summed E-state index contributed by atoms with van der Waals surface area (Å²) in [6.07, 6.45) is 5.34. The van der Waals surface area contributed by atoms with E-state index in [0.29, 0.717) is 5.82 Å². The number of anilines is 1. The number of rotatable bonds is 2. The van der Waals surface area contributed by atoms with E-state index in [9.17, 15) is 0 Å². The minimum absolute atomic E-state index is 0.507. The molecule has 2 heterocycles. The van der Waals surface area contributed by atoms with Gasteiger partial charge in [-0.2, -0.15) is 0 Å². The maximum absolute atomic E-state index is 5.74. The van der Waals surface area contributed by atoms with E-state index in [0.717, 1.165) is 16.9 Å². The molecular weight excluding hydrogens is 351 g/mol. The van der Waals surface area contributed by atoms with Gasteiger partial charge < -0.3 is 5.73 Å². The van der Waals surface area contributed by atoms with Gasteiger partial charge in [0, 0.05) is 21.0 Å². The minimum Gasteiger partial charge on any atom is -0.384 e. The van der Waals surface area contributed by atoms with Gasteiger partial charge >= 0.3 is 0 Å². The van der Waals surface area contributed by atoms with Gasteiger partial charge in [-0.05, 0) is 52.9 Å². The van der Waals surface area contributed by atoms with Crippen molar-refractivity contribution >= 4 is 28.4 Å². The Hall–Kier alpha value is -1.89. The maximum Gasteiger partial charge on any atom is 0.123 e. The Balaban J connectivity index is 2.13. The lowest BCUT2D eigenvalue weighted by Gasteiger charge is -2.09. The van der Waals surface area contributed by atoms with E-state index in [1.807, 2.05) is 29.0 Å². The first-order valence-corrected chi connectivity index (χ1v) is 6.82. The zero-order chi connectivity index (χ0) is 13.2. The Morgan fingerprint density at radius 3 is 2.84 bits per heavy atom. The van der Waals surface area contributed by atoms with E-state index >= 15 is 0 Å². The molecule has 0 aliphatic rings. The molecule has 3 aromatic rings. The van der Waals surface area contributed by atoms with Crippen molar-refractivity contribution in [3.63, 3.8) is 0 Å². The molecule has 0 unspecified atom stereocenters. The Bertz CT molecular complexity index is 661. The summed E-state index contributed by atoms with van der Waals surface area (Å²) in [6, 6.07) is 12.0. The second-order valence-electron chi connectivity index (χ2n) is 4.10. The van der Waals surface area contributed by atoms with E-state index in [1.165, 1.54) is 3.57 Å². The first kappa shape index (κ1) is 12.2. The molecule has 0 spiro atoms. The van der Waals surface area contributed by atoms with Crippen LogP contribution in [0.1, 0.15) is 0 Å². The number of imidazole rings is 1. The second kappa shape index (κ2) is 5.00. The molecule has 2 aromatic heterocycles. The molecular formula is C14H11IN4. The fourth-order valence-electron chi connectivity index (χ4n) is 1.95. The van der Waals surface area contributed by atoms with Crippen molar-refractivity contribution in [2.45, 2.75) is 0 Å². The maximum atomic E-state index is 5.74. The van der Waals surface area contributed by atoms with Crippen LogP contribution in [-0.4, -0.2) is 14.5 Å². The number of hydrogen-bond donors (Lipinski definition) is 1. The van der Waals surface area contributed by atoms with Crippen LogP contribution in [0.15, 0.2) is 55.1 Å². The smallest absolute Gasteiger partial charge is 0.123 e. The summed E-state index contributed by atoms with van der Waals surface area (Å²) < 4.78 is 3.22. The van der Waals surface area contributed by atoms with Crippen molar-refractivity contribution in [2.75, 3.05) is 5.73 Å². The average Bonchev–Trinajstić information content (AvgIpc) is 2.88. The molecule has 94 valence electrons. The molecule has 19 heavy (non-hydrogen) atoms. The van der Waals surface area contributed by atoms with Crippen LogP contribution in [0.3, 0.4) is 0 Å². The van der Waals surface area contributed by atoms with Crippen LogP contribution >= 0.6 is 22.6 Å². The molecule has 4 nitrogen and oxygen atoms in total. The lowest BCUT2D eigenvalue weighted by atomic mass is 10.2. The molecule has 0 fully saturated rings. The van der Waals surface area contributed by atoms with Gasteiger partial charge in [-0.1, -0.05) is 6.07 Å². The van der Waals surface area contributed by atoms with E-state index in [1.54, 1.807) is 12.5 Å². The van der Waals surface area contributed by atoms with Crippen molar-refractivity contribution in [1.29, 1.82) is 0 Å². The van der Waals surface area contributed by atoms with E-state index in [2.05, 4.69) is 50.8 Å². The highest BCUT2D eigenvalue weighted by atomic mass is 127. The fraction of sp³-hybridized carbons (Fsp3) is 0. The van der Waals surface area contributed by atoms with Crippen LogP contribution in [0.2, 0.25) is 0 Å². The van der Waals surface area contributed by atoms with Gasteiger partial charge in [0.15, 0.2) is 0 Å². The van der Waals surface area contributed by atoms with Crippen LogP contribution < -0.4 is 5.73 Å². The van der Waals surface area contributed by atoms with Crippen LogP contribution in [0.5, 0.6) is 0 Å². The van der Waals surface area contributed by atoms with E-state index in [4.69, 9.17) is 5.73 Å². The molecule has 0 radical (unpaired) electrons. The number of aromatic nitrogens is 3. The summed E-state index contributed by atoms with van der Waals surface area (Å²) >= 11 is 2.30. The minimum atomic E-state index is 0.507. The Morgan fingerprint density at radius 1 is 1.16 bits per heavy atom. The fourth-order valence-corrected chi connectivity index (χ4v) is 2.47. The molecule has 2 N–H and O–H groups in total. The molecule has 0 aliphatic carbocycles. The second-order valence-corrected chi connectivity index (χ2v) is 5.34. The molecule has 5 heteroatoms. The van der Waals surface area contributed by atoms with Crippen molar-refractivity contribution in [3.05, 3.63) is 58.7 Å². The number of nitrogens with two attached hydrogens (primary N) is 1. The highest BCUT2D eigenvalue weighted by Gasteiger charge is 2.07. The third kappa shape index (κ3) is 2.46. The number of nitrogen functional groups attached to an aromatic ring is 1. The van der Waals surface area contributed by atoms with Crippen molar-refractivity contribution < 1.29 is 0 Å². The van der Waals surface area contributed by atoms with Gasteiger partial charge in [0.1, 0.15) is 5.82 Å². The highest BCUT2D eigenvalue weighted by Crippen LogP contribution is 2.24. The molecule has 3 rings (SSSR count). The topological polar surface area (TPSA) is 56.7 Å². The average molecular weight is 362 g/mol. The monoisotopic (exact) mass is 362 g/mol. The van der Waals surface area contributed by atoms with Crippen molar-refractivity contribution in [2.24, 2.45) is 0 Å². The van der Waals surface area contributed by atoms with Crippen LogP contribution in [0.25, 0.3) is 16.9 Å². The molecule has 0 bridgehead atoms. The third-order valence-corrected chi connectivity index (χ3v) is 3.47. The van der Waals surface area contributed by atoms with Crippen LogP contribution in [0, 0.1) is 3.57 Å². The molecule has 0 atom stereocenters. The molecule has 0 amide bonds. The number of hydrogen-bond acceptors (Lipinski definition) is 3. The largest absolute Gasteiger partial charge is 0.384 e. The predicted molar refractivity (Wildman–Crippen MR) is 83.9 cm³/mol. The first-order chi connectivity index (χ1) is 9.24. The van der Waals surface area contributed by atoms with E-state index in [-0.39, 0.29) is 0 Å². The predicted octanol–water partition coefficient (Wildman–Crippen LogP) is 3.12. The number of nitrogens with zero attached hydrogens (tertiary/aromatic N) is 3. The van der Waals surface area contributed by atoms with Gasteiger partial charge in [0.25, 0.3) is 0 Å². The Kier molecular flexibility index (Phi) is 3.20. The van der Waals surface area contributed by atoms with Gasteiger partial charge in [0.05, 0.1) is 18.2 Å². The summed E-state index contributed by atoms with van der Waals surface area (Å²) in [7, 11) is 0. The molecule has 0 saturated heterocycles.